The van der Waals surface area contributed by atoms with E-state index in [0.717, 1.165) is 41.0 Å². The molecule has 1 aromatic heterocycles. The first-order valence-corrected chi connectivity index (χ1v) is 10.8. The van der Waals surface area contributed by atoms with Crippen molar-refractivity contribution in [3.05, 3.63) is 40.7 Å². The summed E-state index contributed by atoms with van der Waals surface area (Å²) in [6, 6.07) is 6.01. The Labute approximate surface area is 171 Å². The van der Waals surface area contributed by atoms with Crippen LogP contribution < -0.4 is 5.32 Å². The average Bonchev–Trinajstić information content (AvgIpc) is 2.97. The fourth-order valence-electron chi connectivity index (χ4n) is 4.86. The third kappa shape index (κ3) is 2.76. The van der Waals surface area contributed by atoms with Crippen molar-refractivity contribution in [2.75, 3.05) is 5.32 Å². The number of para-hydroxylation sites is 1. The SMILES string of the molecule is Cc1cccc(C)c1NC(=O)[C@H](C)Sc1nnc2c(n1)[C@]1(C)CC[C@@H]2C1(C)C. The minimum atomic E-state index is -0.307. The van der Waals surface area contributed by atoms with E-state index in [1.54, 1.807) is 0 Å². The molecular weight excluding hydrogens is 368 g/mol. The Balaban J connectivity index is 1.52. The number of nitrogens with one attached hydrogen (secondary N) is 1. The van der Waals surface area contributed by atoms with Gasteiger partial charge >= 0.3 is 0 Å². The largest absolute Gasteiger partial charge is 0.325 e. The molecule has 5 nitrogen and oxygen atoms in total. The van der Waals surface area contributed by atoms with Crippen LogP contribution in [0.2, 0.25) is 0 Å². The highest BCUT2D eigenvalue weighted by molar-refractivity contribution is 8.00. The molecule has 2 aromatic rings. The van der Waals surface area contributed by atoms with Crippen molar-refractivity contribution >= 4 is 23.4 Å². The van der Waals surface area contributed by atoms with E-state index >= 15 is 0 Å². The second kappa shape index (κ2) is 6.55. The summed E-state index contributed by atoms with van der Waals surface area (Å²) in [7, 11) is 0. The number of hydrogen-bond acceptors (Lipinski definition) is 5. The number of amides is 1. The molecule has 0 aliphatic heterocycles. The van der Waals surface area contributed by atoms with E-state index in [1.165, 1.54) is 11.8 Å². The molecule has 0 saturated heterocycles. The van der Waals surface area contributed by atoms with Crippen LogP contribution in [0.25, 0.3) is 0 Å². The van der Waals surface area contributed by atoms with Gasteiger partial charge in [0.25, 0.3) is 0 Å². The summed E-state index contributed by atoms with van der Waals surface area (Å²) in [6.07, 6.45) is 2.30. The van der Waals surface area contributed by atoms with Crippen molar-refractivity contribution in [1.29, 1.82) is 0 Å². The number of rotatable bonds is 4. The van der Waals surface area contributed by atoms with Gasteiger partial charge in [-0.05, 0) is 50.2 Å². The van der Waals surface area contributed by atoms with E-state index < -0.39 is 0 Å². The summed E-state index contributed by atoms with van der Waals surface area (Å²) in [5.41, 5.74) is 5.37. The fraction of sp³-hybridized carbons (Fsp3) is 0.545. The normalized spacial score (nSPS) is 25.4. The van der Waals surface area contributed by atoms with Gasteiger partial charge in [0.1, 0.15) is 0 Å². The fourth-order valence-corrected chi connectivity index (χ4v) is 5.57. The van der Waals surface area contributed by atoms with E-state index in [0.29, 0.717) is 11.1 Å². The highest BCUT2D eigenvalue weighted by Gasteiger charge is 2.61. The minimum Gasteiger partial charge on any atom is -0.325 e. The van der Waals surface area contributed by atoms with Crippen LogP contribution in [0.5, 0.6) is 0 Å². The maximum Gasteiger partial charge on any atom is 0.237 e. The average molecular weight is 397 g/mol. The second-order valence-corrected chi connectivity index (χ2v) is 10.3. The molecule has 0 spiro atoms. The lowest BCUT2D eigenvalue weighted by atomic mass is 9.70. The van der Waals surface area contributed by atoms with E-state index in [4.69, 9.17) is 4.98 Å². The summed E-state index contributed by atoms with van der Waals surface area (Å²) < 4.78 is 0. The maximum absolute atomic E-state index is 12.7. The molecule has 1 amide bonds. The lowest BCUT2D eigenvalue weighted by Gasteiger charge is -2.34. The Morgan fingerprint density at radius 1 is 1.21 bits per heavy atom. The zero-order chi connectivity index (χ0) is 20.3. The van der Waals surface area contributed by atoms with Gasteiger partial charge in [-0.1, -0.05) is 50.7 Å². The lowest BCUT2D eigenvalue weighted by molar-refractivity contribution is -0.115. The molecule has 148 valence electrons. The highest BCUT2D eigenvalue weighted by atomic mass is 32.2. The predicted octanol–water partition coefficient (Wildman–Crippen LogP) is 4.78. The summed E-state index contributed by atoms with van der Waals surface area (Å²) in [4.78, 5) is 17.6. The van der Waals surface area contributed by atoms with Gasteiger partial charge < -0.3 is 5.32 Å². The molecule has 0 radical (unpaired) electrons. The molecule has 28 heavy (non-hydrogen) atoms. The van der Waals surface area contributed by atoms with Crippen LogP contribution in [0, 0.1) is 19.3 Å². The lowest BCUT2D eigenvalue weighted by Crippen LogP contribution is -2.32. The quantitative estimate of drug-likeness (QED) is 0.753. The van der Waals surface area contributed by atoms with Crippen molar-refractivity contribution < 1.29 is 4.79 Å². The van der Waals surface area contributed by atoms with Crippen molar-refractivity contribution in [2.24, 2.45) is 5.41 Å². The predicted molar refractivity (Wildman–Crippen MR) is 113 cm³/mol. The van der Waals surface area contributed by atoms with Crippen molar-refractivity contribution in [2.45, 2.75) is 76.1 Å². The molecule has 4 rings (SSSR count). The van der Waals surface area contributed by atoms with Gasteiger partial charge in [-0.15, -0.1) is 5.10 Å². The number of aromatic nitrogens is 3. The molecule has 1 fully saturated rings. The molecule has 1 saturated carbocycles. The number of benzene rings is 1. The number of anilines is 1. The third-order valence-electron chi connectivity index (χ3n) is 7.15. The Bertz CT molecular complexity index is 937. The molecule has 1 N–H and O–H groups in total. The van der Waals surface area contributed by atoms with Gasteiger partial charge in [-0.3, -0.25) is 4.79 Å². The number of carbonyl (C=O) groups excluding carboxylic acids is 1. The molecular formula is C22H28N4OS. The van der Waals surface area contributed by atoms with E-state index in [-0.39, 0.29) is 22.0 Å². The number of thioether (sulfide) groups is 1. The van der Waals surface area contributed by atoms with Crippen LogP contribution in [0.1, 0.15) is 69.0 Å². The van der Waals surface area contributed by atoms with Crippen LogP contribution in [0.4, 0.5) is 5.69 Å². The molecule has 2 aliphatic rings. The Morgan fingerprint density at radius 3 is 2.57 bits per heavy atom. The van der Waals surface area contributed by atoms with E-state index in [1.807, 2.05) is 39.0 Å². The van der Waals surface area contributed by atoms with Gasteiger partial charge in [-0.25, -0.2) is 4.98 Å². The number of fused-ring (bicyclic) bond motifs is 5. The zero-order valence-corrected chi connectivity index (χ0v) is 18.3. The smallest absolute Gasteiger partial charge is 0.237 e. The van der Waals surface area contributed by atoms with Crippen LogP contribution in [-0.2, 0) is 10.2 Å². The number of aryl methyl sites for hydroxylation is 2. The first-order valence-electron chi connectivity index (χ1n) is 9.94. The molecule has 1 heterocycles. The topological polar surface area (TPSA) is 67.8 Å². The first-order chi connectivity index (χ1) is 13.1. The summed E-state index contributed by atoms with van der Waals surface area (Å²) in [5.74, 6) is 0.399. The maximum atomic E-state index is 12.7. The summed E-state index contributed by atoms with van der Waals surface area (Å²) in [6.45, 7) is 12.8. The van der Waals surface area contributed by atoms with E-state index in [2.05, 4.69) is 36.3 Å². The molecule has 2 aliphatic carbocycles. The number of hydrogen-bond donors (Lipinski definition) is 1. The third-order valence-corrected chi connectivity index (χ3v) is 8.10. The molecule has 0 unspecified atom stereocenters. The van der Waals surface area contributed by atoms with Crippen LogP contribution in [-0.4, -0.2) is 26.3 Å². The zero-order valence-electron chi connectivity index (χ0n) is 17.5. The Kier molecular flexibility index (Phi) is 4.53. The van der Waals surface area contributed by atoms with Gasteiger partial charge in [0.15, 0.2) is 0 Å². The van der Waals surface area contributed by atoms with Gasteiger partial charge in [-0.2, -0.15) is 5.10 Å². The number of carbonyl (C=O) groups is 1. The number of nitrogens with zero attached hydrogens (tertiary/aromatic N) is 3. The molecule has 6 heteroatoms. The summed E-state index contributed by atoms with van der Waals surface area (Å²) in [5, 5.41) is 12.2. The molecule has 1 aromatic carbocycles. The van der Waals surface area contributed by atoms with Gasteiger partial charge in [0, 0.05) is 17.0 Å². The Morgan fingerprint density at radius 2 is 1.89 bits per heavy atom. The van der Waals surface area contributed by atoms with Crippen LogP contribution in [0.3, 0.4) is 0 Å². The Hall–Kier alpha value is -1.95. The molecule has 2 bridgehead atoms. The summed E-state index contributed by atoms with van der Waals surface area (Å²) >= 11 is 1.38. The van der Waals surface area contributed by atoms with Crippen molar-refractivity contribution in [3.63, 3.8) is 0 Å². The molecule has 3 atom stereocenters. The van der Waals surface area contributed by atoms with E-state index in [9.17, 15) is 4.79 Å². The minimum absolute atomic E-state index is 0.0421. The monoisotopic (exact) mass is 396 g/mol. The van der Waals surface area contributed by atoms with Crippen molar-refractivity contribution in [3.8, 4) is 0 Å². The second-order valence-electron chi connectivity index (χ2n) is 8.99. The highest BCUT2D eigenvalue weighted by Crippen LogP contribution is 2.66. The van der Waals surface area contributed by atoms with Gasteiger partial charge in [0.05, 0.1) is 16.6 Å². The van der Waals surface area contributed by atoms with Crippen LogP contribution >= 0.6 is 11.8 Å². The standard InChI is InChI=1S/C22H28N4OS/c1-12-8-7-9-13(2)16(12)23-19(27)14(3)28-20-24-18-17(25-26-20)15-10-11-22(18,6)21(15,4)5/h7-9,14-15H,10-11H2,1-6H3,(H,23,27)/t14-,15-,22-/m0/s1. The van der Waals surface area contributed by atoms with Gasteiger partial charge in [0.2, 0.25) is 11.1 Å². The van der Waals surface area contributed by atoms with Crippen LogP contribution in [0.15, 0.2) is 23.4 Å². The first kappa shape index (κ1) is 19.4. The van der Waals surface area contributed by atoms with Crippen molar-refractivity contribution in [1.82, 2.24) is 15.2 Å².